The van der Waals surface area contributed by atoms with Crippen molar-refractivity contribution in [3.05, 3.63) is 42.0 Å². The minimum atomic E-state index is -0.261. The van der Waals surface area contributed by atoms with E-state index >= 15 is 0 Å². The van der Waals surface area contributed by atoms with Gasteiger partial charge in [-0.3, -0.25) is 9.88 Å². The first-order valence-corrected chi connectivity index (χ1v) is 7.14. The molecule has 1 aliphatic heterocycles. The Morgan fingerprint density at radius 1 is 1.10 bits per heavy atom. The molecule has 110 valence electrons. The van der Waals surface area contributed by atoms with Crippen LogP contribution in [-0.4, -0.2) is 23.0 Å². The summed E-state index contributed by atoms with van der Waals surface area (Å²) in [5.41, 5.74) is 15.0. The molecule has 0 atom stereocenters. The Morgan fingerprint density at radius 2 is 1.86 bits per heavy atom. The van der Waals surface area contributed by atoms with Gasteiger partial charge >= 0.3 is 0 Å². The summed E-state index contributed by atoms with van der Waals surface area (Å²) in [4.78, 5) is 6.38. The van der Waals surface area contributed by atoms with Gasteiger partial charge in [-0.2, -0.15) is 0 Å². The van der Waals surface area contributed by atoms with Gasteiger partial charge in [-0.25, -0.2) is 4.39 Å². The highest BCUT2D eigenvalue weighted by molar-refractivity contribution is 5.83. The van der Waals surface area contributed by atoms with Crippen LogP contribution in [0.5, 0.6) is 0 Å². The van der Waals surface area contributed by atoms with Crippen LogP contribution in [0.3, 0.4) is 0 Å². The first-order valence-electron chi connectivity index (χ1n) is 7.14. The van der Waals surface area contributed by atoms with E-state index in [1.807, 2.05) is 6.07 Å². The van der Waals surface area contributed by atoms with Crippen molar-refractivity contribution >= 4 is 11.4 Å². The molecule has 1 aliphatic rings. The Labute approximate surface area is 123 Å². The van der Waals surface area contributed by atoms with E-state index in [-0.39, 0.29) is 5.82 Å². The minimum Gasteiger partial charge on any atom is -0.396 e. The van der Waals surface area contributed by atoms with Gasteiger partial charge in [0.2, 0.25) is 0 Å². The zero-order valence-corrected chi connectivity index (χ0v) is 11.8. The Hall–Kier alpha value is -2.14. The van der Waals surface area contributed by atoms with Gasteiger partial charge in [0.1, 0.15) is 5.82 Å². The van der Waals surface area contributed by atoms with Crippen LogP contribution in [0.2, 0.25) is 0 Å². The molecule has 4 N–H and O–H groups in total. The average Bonchev–Trinajstić information content (AvgIpc) is 2.94. The van der Waals surface area contributed by atoms with E-state index in [1.165, 1.54) is 25.1 Å². The number of likely N-dealkylation sites (tertiary alicyclic amines) is 1. The van der Waals surface area contributed by atoms with Crippen molar-refractivity contribution in [3.8, 4) is 11.1 Å². The number of nitrogens with zero attached hydrogens (tertiary/aromatic N) is 2. The van der Waals surface area contributed by atoms with Gasteiger partial charge in [-0.05, 0) is 55.3 Å². The molecule has 4 nitrogen and oxygen atoms in total. The van der Waals surface area contributed by atoms with Gasteiger partial charge in [0.15, 0.2) is 0 Å². The van der Waals surface area contributed by atoms with E-state index in [0.717, 1.165) is 30.8 Å². The number of hydrogen-bond acceptors (Lipinski definition) is 4. The fourth-order valence-corrected chi connectivity index (χ4v) is 2.81. The second-order valence-electron chi connectivity index (χ2n) is 5.52. The number of benzene rings is 1. The average molecular weight is 286 g/mol. The summed E-state index contributed by atoms with van der Waals surface area (Å²) >= 11 is 0. The van der Waals surface area contributed by atoms with Gasteiger partial charge in [0.05, 0.1) is 17.6 Å². The van der Waals surface area contributed by atoms with Gasteiger partial charge < -0.3 is 11.5 Å². The van der Waals surface area contributed by atoms with E-state index < -0.39 is 0 Å². The van der Waals surface area contributed by atoms with Crippen LogP contribution in [-0.2, 0) is 6.54 Å². The quantitative estimate of drug-likeness (QED) is 0.910. The molecule has 3 rings (SSSR count). The molecule has 0 aliphatic carbocycles. The molecule has 1 fully saturated rings. The van der Waals surface area contributed by atoms with Crippen LogP contribution >= 0.6 is 0 Å². The predicted octanol–water partition coefficient (Wildman–Crippen LogP) is 2.65. The van der Waals surface area contributed by atoms with Gasteiger partial charge in [-0.1, -0.05) is 0 Å². The van der Waals surface area contributed by atoms with E-state index in [9.17, 15) is 4.39 Å². The van der Waals surface area contributed by atoms with Crippen LogP contribution in [0.25, 0.3) is 11.1 Å². The Balaban J connectivity index is 1.95. The molecule has 5 heteroatoms. The molecular weight excluding hydrogens is 267 g/mol. The molecule has 1 aromatic heterocycles. The molecule has 0 unspecified atom stereocenters. The summed E-state index contributed by atoms with van der Waals surface area (Å²) in [5.74, 6) is -0.261. The van der Waals surface area contributed by atoms with E-state index in [4.69, 9.17) is 11.5 Å². The van der Waals surface area contributed by atoms with Crippen LogP contribution < -0.4 is 11.5 Å². The van der Waals surface area contributed by atoms with Crippen LogP contribution in [0, 0.1) is 5.82 Å². The molecule has 0 radical (unpaired) electrons. The van der Waals surface area contributed by atoms with Crippen molar-refractivity contribution in [2.45, 2.75) is 19.4 Å². The van der Waals surface area contributed by atoms with Gasteiger partial charge in [-0.15, -0.1) is 0 Å². The zero-order chi connectivity index (χ0) is 14.8. The van der Waals surface area contributed by atoms with Crippen molar-refractivity contribution < 1.29 is 4.39 Å². The number of anilines is 2. The SMILES string of the molecule is Nc1cncc(-c2cc(F)cc(CN3CCCC3)c2)c1N. The topological polar surface area (TPSA) is 68.2 Å². The van der Waals surface area contributed by atoms with E-state index in [1.54, 1.807) is 12.3 Å². The molecule has 2 heterocycles. The molecular formula is C16H19FN4. The summed E-state index contributed by atoms with van der Waals surface area (Å²) in [5, 5.41) is 0. The molecule has 0 saturated carbocycles. The van der Waals surface area contributed by atoms with Crippen molar-refractivity contribution in [2.24, 2.45) is 0 Å². The maximum Gasteiger partial charge on any atom is 0.124 e. The van der Waals surface area contributed by atoms with Crippen LogP contribution in [0.15, 0.2) is 30.6 Å². The third kappa shape index (κ3) is 2.97. The maximum absolute atomic E-state index is 13.9. The third-order valence-electron chi connectivity index (χ3n) is 3.89. The lowest BCUT2D eigenvalue weighted by molar-refractivity contribution is 0.331. The number of nitrogens with two attached hydrogens (primary N) is 2. The van der Waals surface area contributed by atoms with E-state index in [0.29, 0.717) is 16.9 Å². The van der Waals surface area contributed by atoms with Gasteiger partial charge in [0, 0.05) is 18.3 Å². The number of hydrogen-bond donors (Lipinski definition) is 2. The molecule has 1 saturated heterocycles. The van der Waals surface area contributed by atoms with Crippen molar-refractivity contribution in [1.82, 2.24) is 9.88 Å². The largest absolute Gasteiger partial charge is 0.396 e. The molecule has 1 aromatic carbocycles. The Morgan fingerprint density at radius 3 is 2.62 bits per heavy atom. The standard InChI is InChI=1S/C16H19FN4/c17-13-6-11(10-21-3-1-2-4-21)5-12(7-13)14-8-20-9-15(18)16(14)19/h5-9H,1-4,10,18H2,(H2,19,20). The first kappa shape index (κ1) is 13.8. The number of halogens is 1. The molecule has 0 bridgehead atoms. The predicted molar refractivity (Wildman–Crippen MR) is 83.0 cm³/mol. The van der Waals surface area contributed by atoms with Crippen LogP contribution in [0.1, 0.15) is 18.4 Å². The zero-order valence-electron chi connectivity index (χ0n) is 11.8. The number of pyridine rings is 1. The second-order valence-corrected chi connectivity index (χ2v) is 5.52. The van der Waals surface area contributed by atoms with Crippen molar-refractivity contribution in [1.29, 1.82) is 0 Å². The molecule has 0 spiro atoms. The summed E-state index contributed by atoms with van der Waals surface area (Å²) in [6, 6.07) is 5.02. The summed E-state index contributed by atoms with van der Waals surface area (Å²) in [7, 11) is 0. The number of nitrogen functional groups attached to an aromatic ring is 2. The Kier molecular flexibility index (Phi) is 3.75. The fraction of sp³-hybridized carbons (Fsp3) is 0.312. The number of rotatable bonds is 3. The normalized spacial score (nSPS) is 15.5. The molecule has 21 heavy (non-hydrogen) atoms. The molecule has 0 amide bonds. The maximum atomic E-state index is 13.9. The lowest BCUT2D eigenvalue weighted by Gasteiger charge is -2.16. The highest BCUT2D eigenvalue weighted by Crippen LogP contribution is 2.30. The Bertz CT molecular complexity index is 651. The highest BCUT2D eigenvalue weighted by atomic mass is 19.1. The smallest absolute Gasteiger partial charge is 0.124 e. The monoisotopic (exact) mass is 286 g/mol. The lowest BCUT2D eigenvalue weighted by atomic mass is 10.0. The summed E-state index contributed by atoms with van der Waals surface area (Å²) < 4.78 is 13.9. The van der Waals surface area contributed by atoms with Crippen molar-refractivity contribution in [2.75, 3.05) is 24.6 Å². The minimum absolute atomic E-state index is 0.261. The lowest BCUT2D eigenvalue weighted by Crippen LogP contribution is -2.18. The fourth-order valence-electron chi connectivity index (χ4n) is 2.81. The summed E-state index contributed by atoms with van der Waals surface area (Å²) in [6.07, 6.45) is 5.56. The first-order chi connectivity index (χ1) is 10.1. The van der Waals surface area contributed by atoms with Crippen molar-refractivity contribution in [3.63, 3.8) is 0 Å². The second kappa shape index (κ2) is 5.69. The third-order valence-corrected chi connectivity index (χ3v) is 3.89. The van der Waals surface area contributed by atoms with Crippen LogP contribution in [0.4, 0.5) is 15.8 Å². The van der Waals surface area contributed by atoms with Gasteiger partial charge in [0.25, 0.3) is 0 Å². The molecule has 2 aromatic rings. The number of aromatic nitrogens is 1. The highest BCUT2D eigenvalue weighted by Gasteiger charge is 2.14. The summed E-state index contributed by atoms with van der Waals surface area (Å²) in [6.45, 7) is 2.92. The van der Waals surface area contributed by atoms with E-state index in [2.05, 4.69) is 9.88 Å².